The number of para-hydroxylation sites is 2. The zero-order valence-corrected chi connectivity index (χ0v) is 23.1. The molecule has 0 radical (unpaired) electrons. The van der Waals surface area contributed by atoms with Crippen LogP contribution >= 0.6 is 0 Å². The molecular weight excluding hydrogens is 528 g/mol. The number of anilines is 3. The van der Waals surface area contributed by atoms with Gasteiger partial charge in [0.2, 0.25) is 0 Å². The summed E-state index contributed by atoms with van der Waals surface area (Å²) < 4.78 is 12.6. The molecular formula is C39H24N2O2. The molecule has 0 aliphatic heterocycles. The number of fused-ring (bicyclic) bond motifs is 7. The van der Waals surface area contributed by atoms with Crippen LogP contribution in [0.3, 0.4) is 0 Å². The Morgan fingerprint density at radius 2 is 1.09 bits per heavy atom. The van der Waals surface area contributed by atoms with Crippen LogP contribution in [-0.4, -0.2) is 4.98 Å². The van der Waals surface area contributed by atoms with Gasteiger partial charge in [0.05, 0.1) is 5.52 Å². The smallest absolute Gasteiger partial charge is 0.154 e. The summed E-state index contributed by atoms with van der Waals surface area (Å²) in [6.45, 7) is 0. The maximum absolute atomic E-state index is 6.41. The van der Waals surface area contributed by atoms with E-state index in [2.05, 4.69) is 114 Å². The first kappa shape index (κ1) is 23.8. The van der Waals surface area contributed by atoms with Crippen LogP contribution in [-0.2, 0) is 0 Å². The van der Waals surface area contributed by atoms with E-state index >= 15 is 0 Å². The van der Waals surface area contributed by atoms with Gasteiger partial charge in [-0.3, -0.25) is 0 Å². The quantitative estimate of drug-likeness (QED) is 0.218. The number of rotatable bonds is 4. The monoisotopic (exact) mass is 552 g/mol. The highest BCUT2D eigenvalue weighted by Gasteiger charge is 2.18. The third-order valence-electron chi connectivity index (χ3n) is 8.24. The van der Waals surface area contributed by atoms with Crippen LogP contribution in [0.15, 0.2) is 154 Å². The van der Waals surface area contributed by atoms with E-state index in [1.165, 1.54) is 11.1 Å². The first-order valence-electron chi connectivity index (χ1n) is 14.4. The van der Waals surface area contributed by atoms with Crippen molar-refractivity contribution in [3.8, 4) is 11.1 Å². The van der Waals surface area contributed by atoms with Gasteiger partial charge in [0, 0.05) is 44.7 Å². The Kier molecular flexibility index (Phi) is 5.16. The number of aromatic nitrogens is 1. The van der Waals surface area contributed by atoms with Crippen LogP contribution in [0.25, 0.3) is 66.0 Å². The predicted molar refractivity (Wildman–Crippen MR) is 176 cm³/mol. The summed E-state index contributed by atoms with van der Waals surface area (Å²) in [5.74, 6) is 0. The van der Waals surface area contributed by atoms with E-state index in [4.69, 9.17) is 13.8 Å². The molecule has 0 bridgehead atoms. The third-order valence-corrected chi connectivity index (χ3v) is 8.24. The van der Waals surface area contributed by atoms with Crippen molar-refractivity contribution >= 4 is 72.0 Å². The molecule has 0 N–H and O–H groups in total. The Balaban J connectivity index is 1.23. The molecule has 0 atom stereocenters. The van der Waals surface area contributed by atoms with Crippen LogP contribution in [0, 0.1) is 0 Å². The number of nitrogens with zero attached hydrogens (tertiary/aromatic N) is 2. The van der Waals surface area contributed by atoms with Crippen molar-refractivity contribution in [1.82, 2.24) is 4.98 Å². The SMILES string of the molecule is c1ccc(-c2ccc(N(c3ccc4c(c3)oc3cc5ccccc5nc34)c3ccc4oc5ccccc5c4c3)cc2)cc1. The summed E-state index contributed by atoms with van der Waals surface area (Å²) >= 11 is 0. The second-order valence-corrected chi connectivity index (χ2v) is 10.8. The normalized spacial score (nSPS) is 11.7. The van der Waals surface area contributed by atoms with Crippen molar-refractivity contribution in [3.63, 3.8) is 0 Å². The summed E-state index contributed by atoms with van der Waals surface area (Å²) in [5.41, 5.74) is 10.6. The van der Waals surface area contributed by atoms with Crippen molar-refractivity contribution in [2.45, 2.75) is 0 Å². The van der Waals surface area contributed by atoms with E-state index in [-0.39, 0.29) is 0 Å². The topological polar surface area (TPSA) is 42.4 Å². The highest BCUT2D eigenvalue weighted by atomic mass is 16.3. The third kappa shape index (κ3) is 3.88. The lowest BCUT2D eigenvalue weighted by atomic mass is 10.0. The summed E-state index contributed by atoms with van der Waals surface area (Å²) in [7, 11) is 0. The Bertz CT molecular complexity index is 2450. The Hall–Kier alpha value is -5.87. The molecule has 0 saturated heterocycles. The molecule has 3 heterocycles. The fourth-order valence-electron chi connectivity index (χ4n) is 6.15. The summed E-state index contributed by atoms with van der Waals surface area (Å²) in [4.78, 5) is 7.20. The van der Waals surface area contributed by atoms with E-state index in [1.807, 2.05) is 36.4 Å². The summed E-state index contributed by atoms with van der Waals surface area (Å²) in [6, 6.07) is 50.4. The number of hydrogen-bond donors (Lipinski definition) is 0. The molecule has 0 aliphatic rings. The fraction of sp³-hybridized carbons (Fsp3) is 0. The molecule has 4 heteroatoms. The fourth-order valence-corrected chi connectivity index (χ4v) is 6.15. The van der Waals surface area contributed by atoms with E-state index in [0.29, 0.717) is 0 Å². The molecule has 0 saturated carbocycles. The number of benzene rings is 6. The van der Waals surface area contributed by atoms with Crippen molar-refractivity contribution in [2.75, 3.05) is 4.90 Å². The van der Waals surface area contributed by atoms with Gasteiger partial charge in [-0.15, -0.1) is 0 Å². The van der Waals surface area contributed by atoms with Crippen LogP contribution < -0.4 is 4.90 Å². The van der Waals surface area contributed by atoms with Crippen molar-refractivity contribution in [2.24, 2.45) is 0 Å². The highest BCUT2D eigenvalue weighted by molar-refractivity contribution is 6.08. The molecule has 3 aromatic heterocycles. The van der Waals surface area contributed by atoms with E-state index in [9.17, 15) is 0 Å². The van der Waals surface area contributed by atoms with E-state index < -0.39 is 0 Å². The average molecular weight is 553 g/mol. The van der Waals surface area contributed by atoms with Gasteiger partial charge in [-0.2, -0.15) is 0 Å². The standard InChI is InChI=1S/C39H24N2O2/c1-2-8-25(9-3-1)26-14-16-28(17-15-26)41(29-19-21-36-33(23-29)31-11-5-7-13-35(31)42-36)30-18-20-32-37(24-30)43-38-22-27-10-4-6-12-34(27)40-39(32)38/h1-24H. The van der Waals surface area contributed by atoms with Crippen LogP contribution in [0.4, 0.5) is 17.1 Å². The molecule has 0 aliphatic carbocycles. The zero-order valence-electron chi connectivity index (χ0n) is 23.1. The minimum absolute atomic E-state index is 0.788. The highest BCUT2D eigenvalue weighted by Crippen LogP contribution is 2.41. The van der Waals surface area contributed by atoms with Gasteiger partial charge in [0.25, 0.3) is 0 Å². The lowest BCUT2D eigenvalue weighted by molar-refractivity contribution is 0.668. The molecule has 0 fully saturated rings. The molecule has 0 amide bonds. The van der Waals surface area contributed by atoms with Crippen molar-refractivity contribution in [1.29, 1.82) is 0 Å². The maximum Gasteiger partial charge on any atom is 0.154 e. The predicted octanol–water partition coefficient (Wildman–Crippen LogP) is 11.2. The van der Waals surface area contributed by atoms with E-state index in [1.54, 1.807) is 0 Å². The number of furan rings is 2. The summed E-state index contributed by atoms with van der Waals surface area (Å²) in [6.07, 6.45) is 0. The Morgan fingerprint density at radius 3 is 2.00 bits per heavy atom. The maximum atomic E-state index is 6.41. The lowest BCUT2D eigenvalue weighted by Gasteiger charge is -2.25. The first-order valence-corrected chi connectivity index (χ1v) is 14.4. The number of hydrogen-bond acceptors (Lipinski definition) is 4. The van der Waals surface area contributed by atoms with Gasteiger partial charge in [0.15, 0.2) is 5.58 Å². The molecule has 9 rings (SSSR count). The molecule has 0 spiro atoms. The summed E-state index contributed by atoms with van der Waals surface area (Å²) in [5, 5.41) is 4.25. The molecule has 6 aromatic carbocycles. The molecule has 0 unspecified atom stereocenters. The Morgan fingerprint density at radius 1 is 0.419 bits per heavy atom. The minimum atomic E-state index is 0.788. The van der Waals surface area contributed by atoms with Crippen LogP contribution in [0.5, 0.6) is 0 Å². The van der Waals surface area contributed by atoms with Crippen LogP contribution in [0.2, 0.25) is 0 Å². The van der Waals surface area contributed by atoms with Gasteiger partial charge in [0.1, 0.15) is 22.3 Å². The number of pyridine rings is 1. The van der Waals surface area contributed by atoms with E-state index in [0.717, 1.165) is 72.0 Å². The molecule has 43 heavy (non-hydrogen) atoms. The largest absolute Gasteiger partial charge is 0.456 e. The van der Waals surface area contributed by atoms with Gasteiger partial charge in [-0.1, -0.05) is 78.9 Å². The van der Waals surface area contributed by atoms with Gasteiger partial charge < -0.3 is 13.7 Å². The van der Waals surface area contributed by atoms with Crippen molar-refractivity contribution < 1.29 is 8.83 Å². The second kappa shape index (κ2) is 9.33. The molecule has 9 aromatic rings. The second-order valence-electron chi connectivity index (χ2n) is 10.8. The van der Waals surface area contributed by atoms with Gasteiger partial charge in [-0.05, 0) is 71.8 Å². The van der Waals surface area contributed by atoms with Gasteiger partial charge in [-0.25, -0.2) is 4.98 Å². The van der Waals surface area contributed by atoms with Gasteiger partial charge >= 0.3 is 0 Å². The van der Waals surface area contributed by atoms with Crippen molar-refractivity contribution in [3.05, 3.63) is 146 Å². The van der Waals surface area contributed by atoms with Crippen LogP contribution in [0.1, 0.15) is 0 Å². The minimum Gasteiger partial charge on any atom is -0.456 e. The first-order chi connectivity index (χ1) is 21.3. The zero-order chi connectivity index (χ0) is 28.3. The molecule has 202 valence electrons. The Labute approximate surface area is 247 Å². The average Bonchev–Trinajstić information content (AvgIpc) is 3.61. The molecule has 4 nitrogen and oxygen atoms in total. The lowest BCUT2D eigenvalue weighted by Crippen LogP contribution is -2.09.